The van der Waals surface area contributed by atoms with Gasteiger partial charge in [-0.25, -0.2) is 13.1 Å². The van der Waals surface area contributed by atoms with Gasteiger partial charge in [-0.05, 0) is 30.9 Å². The summed E-state index contributed by atoms with van der Waals surface area (Å²) in [6, 6.07) is 7.01. The topological polar surface area (TPSA) is 92.5 Å². The fourth-order valence-corrected chi connectivity index (χ4v) is 3.09. The number of anilines is 1. The van der Waals surface area contributed by atoms with Crippen LogP contribution in [-0.2, 0) is 10.0 Å². The molecule has 0 spiro atoms. The minimum absolute atomic E-state index is 0.0860. The quantitative estimate of drug-likeness (QED) is 0.799. The summed E-state index contributed by atoms with van der Waals surface area (Å²) < 4.78 is 24.8. The highest BCUT2D eigenvalue weighted by molar-refractivity contribution is 7.88. The number of nitrogens with zero attached hydrogens (tertiary/aromatic N) is 1. The van der Waals surface area contributed by atoms with Crippen molar-refractivity contribution in [2.24, 2.45) is 5.92 Å². The molecule has 2 rings (SSSR count). The molecule has 6 nitrogen and oxygen atoms in total. The number of nitrogens with one attached hydrogen (secondary N) is 1. The van der Waals surface area contributed by atoms with Crippen molar-refractivity contribution in [3.05, 3.63) is 29.8 Å². The van der Waals surface area contributed by atoms with Gasteiger partial charge in [0, 0.05) is 25.3 Å². The van der Waals surface area contributed by atoms with Crippen molar-refractivity contribution in [3.8, 4) is 0 Å². The van der Waals surface area contributed by atoms with Gasteiger partial charge in [0.15, 0.2) is 0 Å². The van der Waals surface area contributed by atoms with Gasteiger partial charge in [0.25, 0.3) is 5.91 Å². The van der Waals surface area contributed by atoms with Crippen LogP contribution in [-0.4, -0.2) is 45.1 Å². The lowest BCUT2D eigenvalue weighted by Crippen LogP contribution is -2.43. The molecule has 1 amide bonds. The number of carbonyl (C=O) groups excluding carboxylic acids is 1. The maximum atomic E-state index is 12.5. The van der Waals surface area contributed by atoms with Crippen LogP contribution < -0.4 is 10.5 Å². The van der Waals surface area contributed by atoms with Crippen LogP contribution >= 0.6 is 0 Å². The Hall–Kier alpha value is -1.60. The minimum atomic E-state index is -3.19. The minimum Gasteiger partial charge on any atom is -0.398 e. The first kappa shape index (κ1) is 15.8. The van der Waals surface area contributed by atoms with Gasteiger partial charge in [-0.2, -0.15) is 0 Å². The second-order valence-electron chi connectivity index (χ2n) is 5.47. The third kappa shape index (κ3) is 4.44. The number of hydrogen-bond acceptors (Lipinski definition) is 4. The third-order valence-electron chi connectivity index (χ3n) is 3.63. The van der Waals surface area contributed by atoms with E-state index in [-0.39, 0.29) is 11.8 Å². The predicted octanol–water partition coefficient (Wildman–Crippen LogP) is 0.670. The Bertz CT molecular complexity index is 616. The van der Waals surface area contributed by atoms with Crippen LogP contribution in [0.5, 0.6) is 0 Å². The number of rotatable bonds is 4. The van der Waals surface area contributed by atoms with Crippen LogP contribution in [0.3, 0.4) is 0 Å². The van der Waals surface area contributed by atoms with Crippen LogP contribution in [0, 0.1) is 5.92 Å². The highest BCUT2D eigenvalue weighted by Crippen LogP contribution is 2.20. The van der Waals surface area contributed by atoms with Crippen LogP contribution in [0.4, 0.5) is 5.69 Å². The summed E-state index contributed by atoms with van der Waals surface area (Å²) in [4.78, 5) is 14.2. The average molecular weight is 311 g/mol. The molecule has 0 radical (unpaired) electrons. The van der Waals surface area contributed by atoms with Crippen LogP contribution in [0.2, 0.25) is 0 Å². The molecule has 1 aliphatic rings. The maximum Gasteiger partial charge on any atom is 0.255 e. The number of nitrogens with two attached hydrogens (primary N) is 1. The monoisotopic (exact) mass is 311 g/mol. The largest absolute Gasteiger partial charge is 0.398 e. The summed E-state index contributed by atoms with van der Waals surface area (Å²) in [5, 5.41) is 0. The summed E-state index contributed by atoms with van der Waals surface area (Å²) in [5.41, 5.74) is 6.82. The molecule has 0 saturated carbocycles. The number of hydrogen-bond donors (Lipinski definition) is 2. The van der Waals surface area contributed by atoms with E-state index in [1.54, 1.807) is 29.2 Å². The molecule has 21 heavy (non-hydrogen) atoms. The van der Waals surface area contributed by atoms with Crippen molar-refractivity contribution in [2.75, 3.05) is 31.6 Å². The standard InChI is InChI=1S/C14H21N3O3S/c1-21(19,20)16-9-11-5-4-8-17(10-11)14(18)12-6-2-3-7-13(12)15/h2-3,6-7,11,16H,4-5,8-10,15H2,1H3. The number of likely N-dealkylation sites (tertiary alicyclic amines) is 1. The van der Waals surface area contributed by atoms with E-state index in [1.165, 1.54) is 0 Å². The summed E-state index contributed by atoms with van der Waals surface area (Å²) in [6.45, 7) is 1.60. The molecule has 1 atom stereocenters. The van der Waals surface area contributed by atoms with E-state index >= 15 is 0 Å². The summed E-state index contributed by atoms with van der Waals surface area (Å²) in [5.74, 6) is 0.0551. The highest BCUT2D eigenvalue weighted by Gasteiger charge is 2.25. The van der Waals surface area contributed by atoms with Gasteiger partial charge in [-0.15, -0.1) is 0 Å². The molecule has 1 saturated heterocycles. The molecule has 3 N–H and O–H groups in total. The average Bonchev–Trinajstić information content (AvgIpc) is 2.44. The van der Waals surface area contributed by atoms with E-state index < -0.39 is 10.0 Å². The number of benzene rings is 1. The second-order valence-corrected chi connectivity index (χ2v) is 7.30. The van der Waals surface area contributed by atoms with Gasteiger partial charge in [0.05, 0.1) is 11.8 Å². The number of amides is 1. The normalized spacial score (nSPS) is 19.5. The van der Waals surface area contributed by atoms with Crippen LogP contribution in [0.25, 0.3) is 0 Å². The Morgan fingerprint density at radius 3 is 2.81 bits per heavy atom. The molecule has 7 heteroatoms. The number of para-hydroxylation sites is 1. The summed E-state index contributed by atoms with van der Waals surface area (Å²) >= 11 is 0. The van der Waals surface area contributed by atoms with E-state index in [1.807, 2.05) is 0 Å². The Morgan fingerprint density at radius 1 is 1.43 bits per heavy atom. The lowest BCUT2D eigenvalue weighted by molar-refractivity contribution is 0.0677. The predicted molar refractivity (Wildman–Crippen MR) is 82.3 cm³/mol. The Kier molecular flexibility index (Phi) is 4.84. The third-order valence-corrected chi connectivity index (χ3v) is 4.32. The van der Waals surface area contributed by atoms with Gasteiger partial charge >= 0.3 is 0 Å². The van der Waals surface area contributed by atoms with Crippen molar-refractivity contribution in [1.82, 2.24) is 9.62 Å². The van der Waals surface area contributed by atoms with Crippen molar-refractivity contribution >= 4 is 21.6 Å². The molecule has 1 unspecified atom stereocenters. The van der Waals surface area contributed by atoms with Crippen molar-refractivity contribution in [1.29, 1.82) is 0 Å². The smallest absolute Gasteiger partial charge is 0.255 e. The molecule has 1 aromatic carbocycles. The molecule has 1 aliphatic heterocycles. The molecule has 0 aromatic heterocycles. The van der Waals surface area contributed by atoms with Crippen LogP contribution in [0.1, 0.15) is 23.2 Å². The van der Waals surface area contributed by atoms with Gasteiger partial charge in [0.2, 0.25) is 10.0 Å². The van der Waals surface area contributed by atoms with E-state index in [9.17, 15) is 13.2 Å². The molecular formula is C14H21N3O3S. The lowest BCUT2D eigenvalue weighted by Gasteiger charge is -2.33. The SMILES string of the molecule is CS(=O)(=O)NCC1CCCN(C(=O)c2ccccc2N)C1. The summed E-state index contributed by atoms with van der Waals surface area (Å²) in [6.07, 6.45) is 2.93. The van der Waals surface area contributed by atoms with Crippen molar-refractivity contribution in [3.63, 3.8) is 0 Å². The Balaban J connectivity index is 2.01. The Labute approximate surface area is 125 Å². The zero-order valence-electron chi connectivity index (χ0n) is 12.1. The molecule has 1 heterocycles. The zero-order chi connectivity index (χ0) is 15.5. The van der Waals surface area contributed by atoms with E-state index in [0.717, 1.165) is 19.1 Å². The van der Waals surface area contributed by atoms with Gasteiger partial charge in [-0.1, -0.05) is 12.1 Å². The molecule has 0 bridgehead atoms. The van der Waals surface area contributed by atoms with Gasteiger partial charge in [-0.3, -0.25) is 4.79 Å². The van der Waals surface area contributed by atoms with E-state index in [0.29, 0.717) is 30.9 Å². The maximum absolute atomic E-state index is 12.5. The van der Waals surface area contributed by atoms with Gasteiger partial charge in [0.1, 0.15) is 0 Å². The first-order valence-corrected chi connectivity index (χ1v) is 8.84. The number of sulfonamides is 1. The number of carbonyl (C=O) groups is 1. The first-order valence-electron chi connectivity index (χ1n) is 6.95. The van der Waals surface area contributed by atoms with Crippen molar-refractivity contribution in [2.45, 2.75) is 12.8 Å². The van der Waals surface area contributed by atoms with Crippen molar-refractivity contribution < 1.29 is 13.2 Å². The van der Waals surface area contributed by atoms with Crippen LogP contribution in [0.15, 0.2) is 24.3 Å². The Morgan fingerprint density at radius 2 is 2.14 bits per heavy atom. The lowest BCUT2D eigenvalue weighted by atomic mass is 9.97. The highest BCUT2D eigenvalue weighted by atomic mass is 32.2. The molecule has 1 aromatic rings. The van der Waals surface area contributed by atoms with Gasteiger partial charge < -0.3 is 10.6 Å². The summed E-state index contributed by atoms with van der Waals surface area (Å²) in [7, 11) is -3.19. The fourth-order valence-electron chi connectivity index (χ4n) is 2.55. The molecule has 0 aliphatic carbocycles. The first-order chi connectivity index (χ1) is 9.87. The van der Waals surface area contributed by atoms with E-state index in [2.05, 4.69) is 4.72 Å². The van der Waals surface area contributed by atoms with E-state index in [4.69, 9.17) is 5.73 Å². The molecular weight excluding hydrogens is 290 g/mol. The molecule has 1 fully saturated rings. The fraction of sp³-hybridized carbons (Fsp3) is 0.500. The zero-order valence-corrected chi connectivity index (χ0v) is 12.9. The molecule has 116 valence electrons. The second kappa shape index (κ2) is 6.44. The number of nitrogen functional groups attached to an aromatic ring is 1. The number of piperidine rings is 1.